The van der Waals surface area contributed by atoms with Crippen LogP contribution in [0.4, 0.5) is 0 Å². The molecule has 2 aromatic rings. The minimum atomic E-state index is -0.112. The number of ether oxygens (including phenoxy) is 1. The van der Waals surface area contributed by atoms with Gasteiger partial charge < -0.3 is 9.84 Å². The monoisotopic (exact) mass is 273 g/mol. The van der Waals surface area contributed by atoms with Crippen LogP contribution in [-0.4, -0.2) is 5.11 Å². The highest BCUT2D eigenvalue weighted by Gasteiger charge is 2.05. The maximum atomic E-state index is 9.24. The second kappa shape index (κ2) is 6.24. The van der Waals surface area contributed by atoms with Crippen LogP contribution in [0, 0.1) is 11.3 Å². The number of halogens is 1. The largest absolute Gasteiger partial charge is 0.457 e. The van der Waals surface area contributed by atoms with Crippen molar-refractivity contribution in [1.29, 1.82) is 5.26 Å². The zero-order valence-corrected chi connectivity index (χ0v) is 10.9. The van der Waals surface area contributed by atoms with Gasteiger partial charge in [-0.15, -0.1) is 0 Å². The van der Waals surface area contributed by atoms with E-state index in [1.807, 2.05) is 12.1 Å². The Kier molecular flexibility index (Phi) is 4.40. The molecule has 0 aliphatic rings. The molecule has 0 aromatic heterocycles. The Balaban J connectivity index is 2.21. The normalized spacial score (nSPS) is 9.95. The lowest BCUT2D eigenvalue weighted by atomic mass is 10.1. The van der Waals surface area contributed by atoms with Crippen LogP contribution in [0.2, 0.25) is 5.02 Å². The van der Waals surface area contributed by atoms with Crippen LogP contribution in [0.1, 0.15) is 11.1 Å². The SMILES string of the molecule is N#CCc1ccc(Oc2cc(Cl)ccc2CO)cc1. The predicted octanol–water partition coefficient (Wildman–Crippen LogP) is 3.69. The van der Waals surface area contributed by atoms with E-state index in [4.69, 9.17) is 21.6 Å². The minimum Gasteiger partial charge on any atom is -0.457 e. The van der Waals surface area contributed by atoms with Gasteiger partial charge in [-0.1, -0.05) is 29.8 Å². The highest BCUT2D eigenvalue weighted by molar-refractivity contribution is 6.30. The molecular weight excluding hydrogens is 262 g/mol. The molecule has 0 atom stereocenters. The third-order valence-electron chi connectivity index (χ3n) is 2.63. The molecule has 1 N–H and O–H groups in total. The molecule has 0 fully saturated rings. The molecule has 2 rings (SSSR count). The van der Waals surface area contributed by atoms with Gasteiger partial charge in [0.1, 0.15) is 11.5 Å². The van der Waals surface area contributed by atoms with Gasteiger partial charge in [0.15, 0.2) is 0 Å². The summed E-state index contributed by atoms with van der Waals surface area (Å²) < 4.78 is 5.69. The van der Waals surface area contributed by atoms with Gasteiger partial charge in [0.2, 0.25) is 0 Å². The maximum absolute atomic E-state index is 9.24. The highest BCUT2D eigenvalue weighted by atomic mass is 35.5. The van der Waals surface area contributed by atoms with Crippen molar-refractivity contribution >= 4 is 11.6 Å². The first kappa shape index (κ1) is 13.4. The highest BCUT2D eigenvalue weighted by Crippen LogP contribution is 2.28. The fraction of sp³-hybridized carbons (Fsp3) is 0.133. The Morgan fingerprint density at radius 2 is 1.89 bits per heavy atom. The van der Waals surface area contributed by atoms with Crippen molar-refractivity contribution in [3.8, 4) is 17.6 Å². The van der Waals surface area contributed by atoms with E-state index in [0.29, 0.717) is 28.5 Å². The summed E-state index contributed by atoms with van der Waals surface area (Å²) in [6.07, 6.45) is 0.374. The van der Waals surface area contributed by atoms with E-state index in [1.165, 1.54) is 0 Å². The zero-order chi connectivity index (χ0) is 13.7. The molecule has 0 bridgehead atoms. The first-order valence-electron chi connectivity index (χ1n) is 5.76. The number of aliphatic hydroxyl groups excluding tert-OH is 1. The van der Waals surface area contributed by atoms with Crippen molar-refractivity contribution in [3.05, 3.63) is 58.6 Å². The molecule has 0 saturated carbocycles. The first-order chi connectivity index (χ1) is 9.22. The molecule has 0 unspecified atom stereocenters. The standard InChI is InChI=1S/C15H12ClNO2/c16-13-4-3-12(10-18)15(9-13)19-14-5-1-11(2-6-14)7-8-17/h1-6,9,18H,7,10H2. The van der Waals surface area contributed by atoms with Crippen molar-refractivity contribution in [3.63, 3.8) is 0 Å². The van der Waals surface area contributed by atoms with Crippen LogP contribution >= 0.6 is 11.6 Å². The summed E-state index contributed by atoms with van der Waals surface area (Å²) in [5.74, 6) is 1.17. The molecule has 0 amide bonds. The second-order valence-electron chi connectivity index (χ2n) is 3.99. The lowest BCUT2D eigenvalue weighted by Crippen LogP contribution is -1.92. The number of nitrogens with zero attached hydrogens (tertiary/aromatic N) is 1. The van der Waals surface area contributed by atoms with E-state index >= 15 is 0 Å². The van der Waals surface area contributed by atoms with Crippen molar-refractivity contribution < 1.29 is 9.84 Å². The molecule has 3 nitrogen and oxygen atoms in total. The molecule has 4 heteroatoms. The average molecular weight is 274 g/mol. The van der Waals surface area contributed by atoms with Crippen LogP contribution in [-0.2, 0) is 13.0 Å². The number of aliphatic hydroxyl groups is 1. The third kappa shape index (κ3) is 3.47. The maximum Gasteiger partial charge on any atom is 0.134 e. The van der Waals surface area contributed by atoms with E-state index in [1.54, 1.807) is 30.3 Å². The van der Waals surface area contributed by atoms with Crippen molar-refractivity contribution in [2.45, 2.75) is 13.0 Å². The van der Waals surface area contributed by atoms with Gasteiger partial charge in [0.25, 0.3) is 0 Å². The molecule has 0 saturated heterocycles. The fourth-order valence-electron chi connectivity index (χ4n) is 1.65. The topological polar surface area (TPSA) is 53.2 Å². The number of nitriles is 1. The molecule has 96 valence electrons. The van der Waals surface area contributed by atoms with Gasteiger partial charge >= 0.3 is 0 Å². The lowest BCUT2D eigenvalue weighted by molar-refractivity contribution is 0.276. The lowest BCUT2D eigenvalue weighted by Gasteiger charge is -2.10. The van der Waals surface area contributed by atoms with Crippen LogP contribution in [0.3, 0.4) is 0 Å². The molecule has 0 spiro atoms. The van der Waals surface area contributed by atoms with Gasteiger partial charge in [-0.25, -0.2) is 0 Å². The summed E-state index contributed by atoms with van der Waals surface area (Å²) in [6, 6.07) is 14.4. The van der Waals surface area contributed by atoms with Crippen molar-refractivity contribution in [1.82, 2.24) is 0 Å². The quantitative estimate of drug-likeness (QED) is 0.924. The summed E-state index contributed by atoms with van der Waals surface area (Å²) in [6.45, 7) is -0.112. The zero-order valence-electron chi connectivity index (χ0n) is 10.1. The first-order valence-corrected chi connectivity index (χ1v) is 6.14. The van der Waals surface area contributed by atoms with Gasteiger partial charge in [-0.3, -0.25) is 0 Å². The van der Waals surface area contributed by atoms with Crippen molar-refractivity contribution in [2.75, 3.05) is 0 Å². The number of hydrogen-bond acceptors (Lipinski definition) is 3. The summed E-state index contributed by atoms with van der Waals surface area (Å²) >= 11 is 5.91. The van der Waals surface area contributed by atoms with E-state index in [9.17, 15) is 5.11 Å². The molecule has 2 aromatic carbocycles. The Hall–Kier alpha value is -2.02. The Morgan fingerprint density at radius 1 is 1.16 bits per heavy atom. The van der Waals surface area contributed by atoms with Crippen LogP contribution in [0.15, 0.2) is 42.5 Å². The van der Waals surface area contributed by atoms with Crippen LogP contribution < -0.4 is 4.74 Å². The molecule has 0 aliphatic carbocycles. The summed E-state index contributed by atoms with van der Waals surface area (Å²) in [5.41, 5.74) is 1.61. The average Bonchev–Trinajstić information content (AvgIpc) is 2.42. The van der Waals surface area contributed by atoms with Gasteiger partial charge in [-0.2, -0.15) is 5.26 Å². The Morgan fingerprint density at radius 3 is 2.53 bits per heavy atom. The van der Waals surface area contributed by atoms with Gasteiger partial charge in [-0.05, 0) is 29.8 Å². The molecule has 19 heavy (non-hydrogen) atoms. The Bertz CT molecular complexity index is 603. The Labute approximate surface area is 116 Å². The van der Waals surface area contributed by atoms with E-state index in [0.717, 1.165) is 5.56 Å². The second-order valence-corrected chi connectivity index (χ2v) is 4.43. The fourth-order valence-corrected chi connectivity index (χ4v) is 1.81. The third-order valence-corrected chi connectivity index (χ3v) is 2.87. The minimum absolute atomic E-state index is 0.112. The smallest absolute Gasteiger partial charge is 0.134 e. The van der Waals surface area contributed by atoms with Crippen LogP contribution in [0.5, 0.6) is 11.5 Å². The molecular formula is C15H12ClNO2. The summed E-state index contributed by atoms with van der Waals surface area (Å²) in [4.78, 5) is 0. The van der Waals surface area contributed by atoms with Gasteiger partial charge in [0, 0.05) is 10.6 Å². The molecule has 0 aliphatic heterocycles. The van der Waals surface area contributed by atoms with E-state index in [-0.39, 0.29) is 6.61 Å². The number of benzene rings is 2. The predicted molar refractivity (Wildman–Crippen MR) is 73.2 cm³/mol. The van der Waals surface area contributed by atoms with Gasteiger partial charge in [0.05, 0.1) is 19.1 Å². The molecule has 0 radical (unpaired) electrons. The van der Waals surface area contributed by atoms with E-state index < -0.39 is 0 Å². The molecule has 0 heterocycles. The number of hydrogen-bond donors (Lipinski definition) is 1. The summed E-state index contributed by atoms with van der Waals surface area (Å²) in [7, 11) is 0. The van der Waals surface area contributed by atoms with Crippen molar-refractivity contribution in [2.24, 2.45) is 0 Å². The number of rotatable bonds is 4. The van der Waals surface area contributed by atoms with E-state index in [2.05, 4.69) is 6.07 Å². The summed E-state index contributed by atoms with van der Waals surface area (Å²) in [5, 5.41) is 18.4. The van der Waals surface area contributed by atoms with Crippen LogP contribution in [0.25, 0.3) is 0 Å².